The standard InChI is InChI=1S/C13H14BrN5O4/c14-2-1-8-4-18(11-3-9(21)10(5-20)23-11)13(22)17-12(8)19-7-15-6-16-19/h1-2,4,6-7,9-11,20-21H,3,5H2/b2-1+. The van der Waals surface area contributed by atoms with Gasteiger partial charge >= 0.3 is 5.69 Å². The molecule has 10 heteroatoms. The van der Waals surface area contributed by atoms with Crippen LogP contribution in [0.2, 0.25) is 0 Å². The van der Waals surface area contributed by atoms with E-state index in [4.69, 9.17) is 9.84 Å². The summed E-state index contributed by atoms with van der Waals surface area (Å²) in [6, 6.07) is 0. The first kappa shape index (κ1) is 16.0. The zero-order valence-electron chi connectivity index (χ0n) is 11.9. The Hall–Kier alpha value is -1.88. The minimum absolute atomic E-state index is 0.201. The van der Waals surface area contributed by atoms with E-state index >= 15 is 0 Å². The van der Waals surface area contributed by atoms with Crippen LogP contribution in [-0.4, -0.2) is 53.3 Å². The summed E-state index contributed by atoms with van der Waals surface area (Å²) < 4.78 is 8.18. The molecule has 2 aromatic heterocycles. The molecule has 9 nitrogen and oxygen atoms in total. The Morgan fingerprint density at radius 1 is 1.52 bits per heavy atom. The number of aliphatic hydroxyl groups excluding tert-OH is 2. The zero-order chi connectivity index (χ0) is 16.4. The average molecular weight is 384 g/mol. The predicted molar refractivity (Wildman–Crippen MR) is 83.0 cm³/mol. The van der Waals surface area contributed by atoms with Crippen molar-refractivity contribution in [1.29, 1.82) is 0 Å². The minimum atomic E-state index is -0.831. The highest BCUT2D eigenvalue weighted by Gasteiger charge is 2.35. The molecule has 1 aliphatic heterocycles. The van der Waals surface area contributed by atoms with Gasteiger partial charge in [0, 0.05) is 18.2 Å². The van der Waals surface area contributed by atoms with Crippen molar-refractivity contribution >= 4 is 22.0 Å². The highest BCUT2D eigenvalue weighted by molar-refractivity contribution is 9.11. The fourth-order valence-electron chi connectivity index (χ4n) is 2.42. The zero-order valence-corrected chi connectivity index (χ0v) is 13.4. The Balaban J connectivity index is 2.03. The molecule has 23 heavy (non-hydrogen) atoms. The van der Waals surface area contributed by atoms with Gasteiger partial charge in [-0.25, -0.2) is 14.5 Å². The lowest BCUT2D eigenvalue weighted by molar-refractivity contribution is -0.0459. The number of ether oxygens (including phenoxy) is 1. The molecule has 0 saturated carbocycles. The van der Waals surface area contributed by atoms with E-state index in [1.165, 1.54) is 21.9 Å². The van der Waals surface area contributed by atoms with Crippen molar-refractivity contribution in [2.45, 2.75) is 24.9 Å². The normalized spacial score (nSPS) is 24.6. The quantitative estimate of drug-likeness (QED) is 0.752. The molecule has 0 bridgehead atoms. The molecule has 3 atom stereocenters. The van der Waals surface area contributed by atoms with Crippen LogP contribution in [-0.2, 0) is 4.74 Å². The Morgan fingerprint density at radius 3 is 2.96 bits per heavy atom. The van der Waals surface area contributed by atoms with Gasteiger partial charge in [-0.2, -0.15) is 10.1 Å². The van der Waals surface area contributed by atoms with Gasteiger partial charge in [0.05, 0.1) is 12.7 Å². The molecular weight excluding hydrogens is 370 g/mol. The number of hydrogen-bond donors (Lipinski definition) is 2. The van der Waals surface area contributed by atoms with Crippen LogP contribution in [0.1, 0.15) is 18.2 Å². The van der Waals surface area contributed by atoms with E-state index in [1.807, 2.05) is 0 Å². The largest absolute Gasteiger partial charge is 0.394 e. The van der Waals surface area contributed by atoms with Crippen LogP contribution >= 0.6 is 15.9 Å². The van der Waals surface area contributed by atoms with Crippen molar-refractivity contribution in [2.75, 3.05) is 6.61 Å². The molecule has 0 aliphatic carbocycles. The van der Waals surface area contributed by atoms with Crippen molar-refractivity contribution in [1.82, 2.24) is 24.3 Å². The lowest BCUT2D eigenvalue weighted by atomic mass is 10.2. The van der Waals surface area contributed by atoms with Crippen LogP contribution in [0.15, 0.2) is 28.6 Å². The third-order valence-corrected chi connectivity index (χ3v) is 3.80. The van der Waals surface area contributed by atoms with E-state index in [9.17, 15) is 9.90 Å². The monoisotopic (exact) mass is 383 g/mol. The topological polar surface area (TPSA) is 115 Å². The molecule has 0 aromatic carbocycles. The maximum absolute atomic E-state index is 12.3. The number of rotatable bonds is 4. The third-order valence-electron chi connectivity index (χ3n) is 3.53. The highest BCUT2D eigenvalue weighted by atomic mass is 79.9. The van der Waals surface area contributed by atoms with Crippen molar-refractivity contribution in [3.05, 3.63) is 39.9 Å². The van der Waals surface area contributed by atoms with Gasteiger partial charge in [0.1, 0.15) is 25.0 Å². The lowest BCUT2D eigenvalue weighted by Crippen LogP contribution is -2.29. The summed E-state index contributed by atoms with van der Waals surface area (Å²) in [6.45, 7) is -0.314. The summed E-state index contributed by atoms with van der Waals surface area (Å²) in [5.74, 6) is 0.330. The second kappa shape index (κ2) is 6.71. The SMILES string of the molecule is O=c1nc(-n2cncn2)c(/C=C/Br)cn1C1CC(O)C(CO)O1. The number of hydrogen-bond acceptors (Lipinski definition) is 7. The van der Waals surface area contributed by atoms with Gasteiger partial charge in [-0.3, -0.25) is 4.57 Å². The van der Waals surface area contributed by atoms with Gasteiger partial charge in [-0.05, 0) is 11.1 Å². The highest BCUT2D eigenvalue weighted by Crippen LogP contribution is 2.28. The van der Waals surface area contributed by atoms with Crippen molar-refractivity contribution in [2.24, 2.45) is 0 Å². The smallest absolute Gasteiger partial charge is 0.351 e. The van der Waals surface area contributed by atoms with Crippen LogP contribution in [0.4, 0.5) is 0 Å². The van der Waals surface area contributed by atoms with Gasteiger partial charge in [-0.1, -0.05) is 15.9 Å². The molecule has 1 saturated heterocycles. The van der Waals surface area contributed by atoms with Crippen LogP contribution in [0.5, 0.6) is 0 Å². The Bertz CT molecular complexity index is 760. The number of nitrogens with zero attached hydrogens (tertiary/aromatic N) is 5. The molecule has 3 unspecified atom stereocenters. The molecule has 122 valence electrons. The van der Waals surface area contributed by atoms with E-state index in [0.717, 1.165) is 0 Å². The molecular formula is C13H14BrN5O4. The van der Waals surface area contributed by atoms with Crippen LogP contribution < -0.4 is 5.69 Å². The van der Waals surface area contributed by atoms with E-state index in [1.54, 1.807) is 17.3 Å². The molecule has 3 heterocycles. The molecule has 1 fully saturated rings. The summed E-state index contributed by atoms with van der Waals surface area (Å²) in [5, 5.41) is 23.0. The molecule has 0 radical (unpaired) electrons. The van der Waals surface area contributed by atoms with Crippen molar-refractivity contribution < 1.29 is 14.9 Å². The van der Waals surface area contributed by atoms with E-state index in [0.29, 0.717) is 11.4 Å². The van der Waals surface area contributed by atoms with Gasteiger partial charge in [0.2, 0.25) is 0 Å². The molecule has 3 rings (SSSR count). The fourth-order valence-corrected chi connectivity index (χ4v) is 2.70. The first-order chi connectivity index (χ1) is 11.1. The summed E-state index contributed by atoms with van der Waals surface area (Å²) in [6.07, 6.45) is 4.03. The van der Waals surface area contributed by atoms with E-state index in [2.05, 4.69) is 31.0 Å². The Labute approximate surface area is 139 Å². The van der Waals surface area contributed by atoms with Gasteiger partial charge < -0.3 is 14.9 Å². The first-order valence-corrected chi connectivity index (χ1v) is 7.75. The van der Waals surface area contributed by atoms with Crippen LogP contribution in [0.25, 0.3) is 11.9 Å². The van der Waals surface area contributed by atoms with E-state index < -0.39 is 24.1 Å². The summed E-state index contributed by atoms with van der Waals surface area (Å²) >= 11 is 3.20. The molecule has 0 amide bonds. The van der Waals surface area contributed by atoms with Gasteiger partial charge in [0.15, 0.2) is 5.82 Å². The molecule has 0 spiro atoms. The number of aliphatic hydroxyl groups is 2. The number of halogens is 1. The second-order valence-electron chi connectivity index (χ2n) is 4.96. The Morgan fingerprint density at radius 2 is 2.35 bits per heavy atom. The van der Waals surface area contributed by atoms with Gasteiger partial charge in [-0.15, -0.1) is 0 Å². The predicted octanol–water partition coefficient (Wildman–Crippen LogP) is -0.170. The lowest BCUT2D eigenvalue weighted by Gasteiger charge is -2.16. The Kier molecular flexibility index (Phi) is 4.66. The fraction of sp³-hybridized carbons (Fsp3) is 0.385. The maximum atomic E-state index is 12.3. The summed E-state index contributed by atoms with van der Waals surface area (Å²) in [7, 11) is 0. The first-order valence-electron chi connectivity index (χ1n) is 6.83. The van der Waals surface area contributed by atoms with Crippen LogP contribution in [0.3, 0.4) is 0 Å². The van der Waals surface area contributed by atoms with Gasteiger partial charge in [0.25, 0.3) is 0 Å². The second-order valence-corrected chi connectivity index (χ2v) is 5.49. The summed E-state index contributed by atoms with van der Waals surface area (Å²) in [4.78, 5) is 21.8. The van der Waals surface area contributed by atoms with E-state index in [-0.39, 0.29) is 13.0 Å². The third kappa shape index (κ3) is 3.11. The molecule has 2 N–H and O–H groups in total. The number of aromatic nitrogens is 5. The summed E-state index contributed by atoms with van der Waals surface area (Å²) in [5.41, 5.74) is 0.0653. The minimum Gasteiger partial charge on any atom is -0.394 e. The van der Waals surface area contributed by atoms with Crippen molar-refractivity contribution in [3.8, 4) is 5.82 Å². The van der Waals surface area contributed by atoms with Crippen LogP contribution in [0, 0.1) is 0 Å². The van der Waals surface area contributed by atoms with Crippen molar-refractivity contribution in [3.63, 3.8) is 0 Å². The average Bonchev–Trinajstić information content (AvgIpc) is 3.18. The molecule has 1 aliphatic rings. The molecule has 2 aromatic rings. The maximum Gasteiger partial charge on any atom is 0.351 e.